The van der Waals surface area contributed by atoms with Gasteiger partial charge in [-0.05, 0) is 6.92 Å². The molecule has 0 saturated heterocycles. The van der Waals surface area contributed by atoms with Crippen molar-refractivity contribution in [3.05, 3.63) is 11.7 Å². The van der Waals surface area contributed by atoms with E-state index in [1.54, 1.807) is 0 Å². The molecule has 0 bridgehead atoms. The molecule has 0 rings (SSSR count). The first kappa shape index (κ1) is 6.95. The van der Waals surface area contributed by atoms with E-state index in [1.807, 2.05) is 0 Å². The molecule has 0 atom stereocenters. The molecule has 0 saturated carbocycles. The van der Waals surface area contributed by atoms with Gasteiger partial charge in [0.05, 0.1) is 0 Å². The quantitative estimate of drug-likeness (QED) is 0.508. The van der Waals surface area contributed by atoms with Gasteiger partial charge in [-0.3, -0.25) is 0 Å². The predicted molar refractivity (Wildman–Crippen MR) is 28.8 cm³/mol. The highest BCUT2D eigenvalue weighted by molar-refractivity contribution is 7.80. The predicted octanol–water partition coefficient (Wildman–Crippen LogP) is 2.09. The SMILES string of the molecule is C/C(F)=C(/F)CS. The third-order valence-electron chi connectivity index (χ3n) is 0.513. The zero-order valence-electron chi connectivity index (χ0n) is 3.91. The van der Waals surface area contributed by atoms with Crippen molar-refractivity contribution in [3.63, 3.8) is 0 Å². The van der Waals surface area contributed by atoms with Crippen LogP contribution in [-0.4, -0.2) is 5.75 Å². The van der Waals surface area contributed by atoms with Crippen LogP contribution < -0.4 is 0 Å². The summed E-state index contributed by atoms with van der Waals surface area (Å²) >= 11 is 3.48. The molecule has 0 heterocycles. The van der Waals surface area contributed by atoms with Gasteiger partial charge in [-0.1, -0.05) is 0 Å². The lowest BCUT2D eigenvalue weighted by Gasteiger charge is -1.85. The monoisotopic (exact) mass is 124 g/mol. The van der Waals surface area contributed by atoms with E-state index in [-0.39, 0.29) is 5.75 Å². The summed E-state index contributed by atoms with van der Waals surface area (Å²) in [6, 6.07) is 0. The topological polar surface area (TPSA) is 0 Å². The van der Waals surface area contributed by atoms with Crippen LogP contribution in [0.25, 0.3) is 0 Å². The number of hydrogen-bond donors (Lipinski definition) is 1. The summed E-state index contributed by atoms with van der Waals surface area (Å²) in [5.41, 5.74) is 0. The van der Waals surface area contributed by atoms with Gasteiger partial charge in [-0.25, -0.2) is 8.78 Å². The van der Waals surface area contributed by atoms with Crippen LogP contribution in [0.15, 0.2) is 11.7 Å². The minimum absolute atomic E-state index is 0.150. The maximum absolute atomic E-state index is 11.7. The Hall–Kier alpha value is -0.0500. The second-order valence-electron chi connectivity index (χ2n) is 1.10. The van der Waals surface area contributed by atoms with Crippen molar-refractivity contribution in [2.45, 2.75) is 6.92 Å². The largest absolute Gasteiger partial charge is 0.209 e. The molecule has 0 nitrogen and oxygen atoms in total. The van der Waals surface area contributed by atoms with Crippen LogP contribution in [0.2, 0.25) is 0 Å². The van der Waals surface area contributed by atoms with Crippen LogP contribution in [0.5, 0.6) is 0 Å². The van der Waals surface area contributed by atoms with Crippen molar-refractivity contribution < 1.29 is 8.78 Å². The van der Waals surface area contributed by atoms with E-state index in [2.05, 4.69) is 12.6 Å². The molecule has 0 aromatic rings. The Bertz CT molecular complexity index is 83.7. The standard InChI is InChI=1S/C4H6F2S/c1-3(5)4(6)2-7/h7H,2H2,1H3/b4-3-. The minimum Gasteiger partial charge on any atom is -0.209 e. The molecule has 0 spiro atoms. The fourth-order valence-electron chi connectivity index (χ4n) is 0.109. The highest BCUT2D eigenvalue weighted by atomic mass is 32.1. The Morgan fingerprint density at radius 2 is 2.00 bits per heavy atom. The van der Waals surface area contributed by atoms with Gasteiger partial charge in [-0.15, -0.1) is 0 Å². The first-order chi connectivity index (χ1) is 3.18. The van der Waals surface area contributed by atoms with Crippen molar-refractivity contribution in [1.82, 2.24) is 0 Å². The van der Waals surface area contributed by atoms with Crippen molar-refractivity contribution in [2.24, 2.45) is 0 Å². The van der Waals surface area contributed by atoms with Crippen LogP contribution >= 0.6 is 12.6 Å². The lowest BCUT2D eigenvalue weighted by atomic mass is 10.5. The highest BCUT2D eigenvalue weighted by Crippen LogP contribution is 2.06. The van der Waals surface area contributed by atoms with E-state index < -0.39 is 11.7 Å². The Labute approximate surface area is 46.6 Å². The van der Waals surface area contributed by atoms with Crippen LogP contribution in [0, 0.1) is 0 Å². The second-order valence-corrected chi connectivity index (χ2v) is 1.41. The molecule has 7 heavy (non-hydrogen) atoms. The first-order valence-corrected chi connectivity index (χ1v) is 2.43. The first-order valence-electron chi connectivity index (χ1n) is 1.80. The van der Waals surface area contributed by atoms with E-state index >= 15 is 0 Å². The Balaban J connectivity index is 3.72. The van der Waals surface area contributed by atoms with Gasteiger partial charge < -0.3 is 0 Å². The fraction of sp³-hybridized carbons (Fsp3) is 0.500. The zero-order chi connectivity index (χ0) is 5.86. The van der Waals surface area contributed by atoms with Gasteiger partial charge >= 0.3 is 0 Å². The Morgan fingerprint density at radius 1 is 1.57 bits per heavy atom. The van der Waals surface area contributed by atoms with Gasteiger partial charge in [0.1, 0.15) is 11.7 Å². The number of allylic oxidation sites excluding steroid dienone is 1. The lowest BCUT2D eigenvalue weighted by molar-refractivity contribution is 0.542. The van der Waals surface area contributed by atoms with Crippen LogP contribution in [-0.2, 0) is 0 Å². The number of hydrogen-bond acceptors (Lipinski definition) is 1. The molecule has 0 aromatic carbocycles. The van der Waals surface area contributed by atoms with E-state index in [4.69, 9.17) is 0 Å². The molecule has 0 fully saturated rings. The van der Waals surface area contributed by atoms with Gasteiger partial charge in [0.25, 0.3) is 0 Å². The molecule has 0 aliphatic heterocycles. The average Bonchev–Trinajstić information content (AvgIpc) is 1.65. The highest BCUT2D eigenvalue weighted by Gasteiger charge is 1.93. The summed E-state index contributed by atoms with van der Waals surface area (Å²) in [4.78, 5) is 0. The normalized spacial score (nSPS) is 13.7. The molecule has 0 aromatic heterocycles. The van der Waals surface area contributed by atoms with Crippen LogP contribution in [0.3, 0.4) is 0 Å². The van der Waals surface area contributed by atoms with E-state index in [9.17, 15) is 8.78 Å². The van der Waals surface area contributed by atoms with Crippen molar-refractivity contribution in [1.29, 1.82) is 0 Å². The summed E-state index contributed by atoms with van der Waals surface area (Å²) in [5, 5.41) is 0. The van der Waals surface area contributed by atoms with E-state index in [0.29, 0.717) is 0 Å². The lowest BCUT2D eigenvalue weighted by Crippen LogP contribution is -1.74. The van der Waals surface area contributed by atoms with Crippen LogP contribution in [0.4, 0.5) is 8.78 Å². The summed E-state index contributed by atoms with van der Waals surface area (Å²) in [6.45, 7) is 1.06. The molecule has 42 valence electrons. The van der Waals surface area contributed by atoms with Gasteiger partial charge in [-0.2, -0.15) is 12.6 Å². The summed E-state index contributed by atoms with van der Waals surface area (Å²) < 4.78 is 23.2. The van der Waals surface area contributed by atoms with Crippen molar-refractivity contribution in [3.8, 4) is 0 Å². The van der Waals surface area contributed by atoms with Crippen molar-refractivity contribution in [2.75, 3.05) is 5.75 Å². The van der Waals surface area contributed by atoms with Gasteiger partial charge in [0.2, 0.25) is 0 Å². The summed E-state index contributed by atoms with van der Waals surface area (Å²) in [7, 11) is 0. The second kappa shape index (κ2) is 3.02. The fourth-order valence-corrected chi connectivity index (χ4v) is 0.327. The summed E-state index contributed by atoms with van der Waals surface area (Å²) in [6.07, 6.45) is 0. The molecular formula is C4H6F2S. The average molecular weight is 124 g/mol. The maximum atomic E-state index is 11.7. The van der Waals surface area contributed by atoms with Gasteiger partial charge in [0.15, 0.2) is 0 Å². The van der Waals surface area contributed by atoms with E-state index in [0.717, 1.165) is 6.92 Å². The van der Waals surface area contributed by atoms with E-state index in [1.165, 1.54) is 0 Å². The third-order valence-corrected chi connectivity index (χ3v) is 0.790. The smallest absolute Gasteiger partial charge is 0.141 e. The number of thiol groups is 1. The van der Waals surface area contributed by atoms with Gasteiger partial charge in [0, 0.05) is 5.75 Å². The number of halogens is 2. The third kappa shape index (κ3) is 2.62. The zero-order valence-corrected chi connectivity index (χ0v) is 4.80. The molecule has 0 aliphatic carbocycles. The Morgan fingerprint density at radius 3 is 2.00 bits per heavy atom. The van der Waals surface area contributed by atoms with Crippen LogP contribution in [0.1, 0.15) is 6.92 Å². The molecule has 0 amide bonds. The molecule has 0 N–H and O–H groups in total. The molecule has 0 aliphatic rings. The van der Waals surface area contributed by atoms with Crippen molar-refractivity contribution >= 4 is 12.6 Å². The molecule has 3 heteroatoms. The molecule has 0 radical (unpaired) electrons. The number of rotatable bonds is 1. The Kier molecular flexibility index (Phi) is 3.00. The molecule has 0 unspecified atom stereocenters. The maximum Gasteiger partial charge on any atom is 0.141 e. The molecular weight excluding hydrogens is 118 g/mol. The summed E-state index contributed by atoms with van der Waals surface area (Å²) in [5.74, 6) is -1.72. The minimum atomic E-state index is -0.789.